The zero-order valence-electron chi connectivity index (χ0n) is 11.6. The third kappa shape index (κ3) is 3.29. The Morgan fingerprint density at radius 2 is 2.26 bits per heavy atom. The van der Waals surface area contributed by atoms with Gasteiger partial charge >= 0.3 is 0 Å². The maximum atomic E-state index is 6.05. The van der Waals surface area contributed by atoms with Gasteiger partial charge in [0.2, 0.25) is 0 Å². The van der Waals surface area contributed by atoms with E-state index in [1.165, 1.54) is 43.1 Å². The molecule has 2 aliphatic rings. The van der Waals surface area contributed by atoms with Gasteiger partial charge < -0.3 is 4.90 Å². The van der Waals surface area contributed by atoms with Crippen LogP contribution in [0.15, 0.2) is 24.3 Å². The summed E-state index contributed by atoms with van der Waals surface area (Å²) >= 11 is 8.17. The molecule has 1 nitrogen and oxygen atoms in total. The number of likely N-dealkylation sites (tertiary alicyclic amines) is 1. The summed E-state index contributed by atoms with van der Waals surface area (Å²) in [5.74, 6) is 3.50. The first kappa shape index (κ1) is 13.8. The first-order chi connectivity index (χ1) is 9.15. The molecule has 0 N–H and O–H groups in total. The van der Waals surface area contributed by atoms with Crippen molar-refractivity contribution < 1.29 is 0 Å². The molecule has 19 heavy (non-hydrogen) atoms. The van der Waals surface area contributed by atoms with E-state index in [-0.39, 0.29) is 0 Å². The van der Waals surface area contributed by atoms with Gasteiger partial charge in [-0.1, -0.05) is 30.7 Å². The van der Waals surface area contributed by atoms with Gasteiger partial charge in [0.1, 0.15) is 0 Å². The topological polar surface area (TPSA) is 3.24 Å². The van der Waals surface area contributed by atoms with Gasteiger partial charge in [0.05, 0.1) is 0 Å². The molecule has 0 bridgehead atoms. The van der Waals surface area contributed by atoms with Gasteiger partial charge in [-0.2, -0.15) is 11.8 Å². The van der Waals surface area contributed by atoms with E-state index in [0.29, 0.717) is 11.3 Å². The summed E-state index contributed by atoms with van der Waals surface area (Å²) in [6.45, 7) is 6.24. The van der Waals surface area contributed by atoms with Gasteiger partial charge in [-0.15, -0.1) is 0 Å². The molecule has 0 amide bonds. The quantitative estimate of drug-likeness (QED) is 0.827. The second-order valence-corrected chi connectivity index (χ2v) is 7.84. The first-order valence-electron chi connectivity index (χ1n) is 7.20. The number of rotatable bonds is 4. The van der Waals surface area contributed by atoms with Crippen LogP contribution in [0.4, 0.5) is 0 Å². The fraction of sp³-hybridized carbons (Fsp3) is 0.625. The second kappa shape index (κ2) is 5.67. The van der Waals surface area contributed by atoms with Crippen LogP contribution in [0.2, 0.25) is 5.02 Å². The number of hydrogen-bond donors (Lipinski definition) is 0. The molecule has 0 saturated carbocycles. The van der Waals surface area contributed by atoms with Gasteiger partial charge in [0.15, 0.2) is 0 Å². The largest absolute Gasteiger partial charge is 0.302 e. The Hall–Kier alpha value is -0.180. The summed E-state index contributed by atoms with van der Waals surface area (Å²) in [6.07, 6.45) is 2.56. The lowest BCUT2D eigenvalue weighted by Crippen LogP contribution is -2.39. The Balaban J connectivity index is 1.50. The van der Waals surface area contributed by atoms with Gasteiger partial charge in [0, 0.05) is 35.0 Å². The highest BCUT2D eigenvalue weighted by atomic mass is 35.5. The van der Waals surface area contributed by atoms with Crippen molar-refractivity contribution >= 4 is 23.4 Å². The fourth-order valence-electron chi connectivity index (χ4n) is 3.38. The van der Waals surface area contributed by atoms with Crippen LogP contribution in [0.5, 0.6) is 0 Å². The third-order valence-electron chi connectivity index (χ3n) is 4.38. The molecule has 2 heterocycles. The highest BCUT2D eigenvalue weighted by Gasteiger charge is 2.43. The number of nitrogens with zero attached hydrogens (tertiary/aromatic N) is 1. The van der Waals surface area contributed by atoms with Crippen molar-refractivity contribution in [3.05, 3.63) is 34.9 Å². The number of halogens is 1. The summed E-state index contributed by atoms with van der Waals surface area (Å²) in [6, 6.07) is 8.30. The molecule has 1 atom stereocenters. The SMILES string of the molecule is CC(Cc1cccc(Cl)c1)CN1CCC2(CSC2)C1. The molecule has 0 radical (unpaired) electrons. The van der Waals surface area contributed by atoms with Crippen LogP contribution in [0.3, 0.4) is 0 Å². The minimum atomic E-state index is 0.695. The maximum Gasteiger partial charge on any atom is 0.0408 e. The van der Waals surface area contributed by atoms with Gasteiger partial charge in [0.25, 0.3) is 0 Å². The van der Waals surface area contributed by atoms with E-state index < -0.39 is 0 Å². The zero-order valence-corrected chi connectivity index (χ0v) is 13.1. The van der Waals surface area contributed by atoms with Crippen LogP contribution < -0.4 is 0 Å². The van der Waals surface area contributed by atoms with Crippen LogP contribution in [0.25, 0.3) is 0 Å². The predicted octanol–water partition coefficient (Wildman–Crippen LogP) is 3.96. The van der Waals surface area contributed by atoms with Gasteiger partial charge in [-0.25, -0.2) is 0 Å². The van der Waals surface area contributed by atoms with Crippen molar-refractivity contribution in [2.75, 3.05) is 31.1 Å². The van der Waals surface area contributed by atoms with Crippen molar-refractivity contribution in [1.29, 1.82) is 0 Å². The van der Waals surface area contributed by atoms with E-state index in [9.17, 15) is 0 Å². The van der Waals surface area contributed by atoms with E-state index in [1.54, 1.807) is 0 Å². The van der Waals surface area contributed by atoms with E-state index in [2.05, 4.69) is 41.8 Å². The predicted molar refractivity (Wildman–Crippen MR) is 85.1 cm³/mol. The lowest BCUT2D eigenvalue weighted by Gasteiger charge is -2.37. The van der Waals surface area contributed by atoms with Crippen LogP contribution in [-0.2, 0) is 6.42 Å². The normalized spacial score (nSPS) is 23.5. The average Bonchev–Trinajstić information content (AvgIpc) is 2.73. The Morgan fingerprint density at radius 3 is 2.89 bits per heavy atom. The van der Waals surface area contributed by atoms with Crippen molar-refractivity contribution in [3.63, 3.8) is 0 Å². The van der Waals surface area contributed by atoms with Gasteiger partial charge in [-0.05, 0) is 43.0 Å². The van der Waals surface area contributed by atoms with E-state index in [1.807, 2.05) is 6.07 Å². The molecule has 0 aromatic heterocycles. The molecule has 0 aliphatic carbocycles. The monoisotopic (exact) mass is 295 g/mol. The molecule has 2 saturated heterocycles. The summed E-state index contributed by atoms with van der Waals surface area (Å²) in [5.41, 5.74) is 2.06. The standard InChI is InChI=1S/C16H22ClNS/c1-13(7-14-3-2-4-15(17)8-14)9-18-6-5-16(10-18)11-19-12-16/h2-4,8,13H,5-7,9-12H2,1H3. The fourth-order valence-corrected chi connectivity index (χ4v) is 4.85. The summed E-state index contributed by atoms with van der Waals surface area (Å²) in [4.78, 5) is 2.68. The highest BCUT2D eigenvalue weighted by Crippen LogP contribution is 2.45. The third-order valence-corrected chi connectivity index (χ3v) is 6.25. The molecule has 2 aliphatic heterocycles. The Morgan fingerprint density at radius 1 is 1.42 bits per heavy atom. The zero-order chi connectivity index (χ0) is 13.3. The molecule has 2 fully saturated rings. The van der Waals surface area contributed by atoms with Crippen LogP contribution in [0.1, 0.15) is 18.9 Å². The van der Waals surface area contributed by atoms with E-state index in [4.69, 9.17) is 11.6 Å². The second-order valence-electron chi connectivity index (χ2n) is 6.42. The first-order valence-corrected chi connectivity index (χ1v) is 8.73. The number of benzene rings is 1. The lowest BCUT2D eigenvalue weighted by molar-refractivity contribution is 0.255. The Labute approximate surface area is 125 Å². The smallest absolute Gasteiger partial charge is 0.0408 e. The van der Waals surface area contributed by atoms with E-state index >= 15 is 0 Å². The molecular weight excluding hydrogens is 274 g/mol. The van der Waals surface area contributed by atoms with Crippen LogP contribution in [-0.4, -0.2) is 36.0 Å². The lowest BCUT2D eigenvalue weighted by atomic mass is 9.91. The number of hydrogen-bond acceptors (Lipinski definition) is 2. The molecular formula is C16H22ClNS. The molecule has 1 spiro atoms. The minimum absolute atomic E-state index is 0.695. The molecule has 3 rings (SSSR count). The summed E-state index contributed by atoms with van der Waals surface area (Å²) in [5, 5.41) is 0.858. The van der Waals surface area contributed by atoms with E-state index in [0.717, 1.165) is 11.4 Å². The molecule has 3 heteroatoms. The van der Waals surface area contributed by atoms with Crippen molar-refractivity contribution in [3.8, 4) is 0 Å². The molecule has 1 aromatic rings. The minimum Gasteiger partial charge on any atom is -0.302 e. The van der Waals surface area contributed by atoms with Crippen molar-refractivity contribution in [1.82, 2.24) is 4.90 Å². The van der Waals surface area contributed by atoms with Crippen LogP contribution in [0, 0.1) is 11.3 Å². The highest BCUT2D eigenvalue weighted by molar-refractivity contribution is 8.00. The summed E-state index contributed by atoms with van der Waals surface area (Å²) < 4.78 is 0. The maximum absolute atomic E-state index is 6.05. The van der Waals surface area contributed by atoms with Gasteiger partial charge in [-0.3, -0.25) is 0 Å². The molecule has 104 valence electrons. The average molecular weight is 296 g/mol. The van der Waals surface area contributed by atoms with Crippen molar-refractivity contribution in [2.24, 2.45) is 11.3 Å². The molecule has 1 unspecified atom stereocenters. The number of thioether (sulfide) groups is 1. The molecule has 1 aromatic carbocycles. The summed E-state index contributed by atoms with van der Waals surface area (Å²) in [7, 11) is 0. The Kier molecular flexibility index (Phi) is 4.11. The Bertz CT molecular complexity index is 444. The van der Waals surface area contributed by atoms with Crippen molar-refractivity contribution in [2.45, 2.75) is 19.8 Å². The van der Waals surface area contributed by atoms with Crippen LogP contribution >= 0.6 is 23.4 Å².